The van der Waals surface area contributed by atoms with E-state index in [0.717, 1.165) is 19.3 Å². The predicted octanol–water partition coefficient (Wildman–Crippen LogP) is 1.72. The highest BCUT2D eigenvalue weighted by Crippen LogP contribution is 2.39. The summed E-state index contributed by atoms with van der Waals surface area (Å²) in [5.74, 6) is 1.03. The summed E-state index contributed by atoms with van der Waals surface area (Å²) in [7, 11) is -3.62. The third kappa shape index (κ3) is 2.84. The Kier molecular flexibility index (Phi) is 4.63. The SMILES string of the molecule is NCC1CCCCN1S(=O)(=O)c1cc2c(cc1Br)OCCO2. The normalized spacial score (nSPS) is 22.5. The molecule has 1 aromatic carbocycles. The van der Waals surface area contributed by atoms with Crippen LogP contribution in [0.25, 0.3) is 0 Å². The highest BCUT2D eigenvalue weighted by Gasteiger charge is 2.35. The Hall–Kier alpha value is -0.830. The van der Waals surface area contributed by atoms with Crippen LogP contribution < -0.4 is 15.2 Å². The fourth-order valence-electron chi connectivity index (χ4n) is 2.90. The second-order valence-electron chi connectivity index (χ2n) is 5.43. The van der Waals surface area contributed by atoms with Gasteiger partial charge in [-0.2, -0.15) is 4.31 Å². The van der Waals surface area contributed by atoms with Gasteiger partial charge in [-0.15, -0.1) is 0 Å². The van der Waals surface area contributed by atoms with Crippen molar-refractivity contribution in [1.82, 2.24) is 4.31 Å². The smallest absolute Gasteiger partial charge is 0.244 e. The Morgan fingerprint density at radius 2 is 1.91 bits per heavy atom. The molecule has 2 heterocycles. The van der Waals surface area contributed by atoms with E-state index in [9.17, 15) is 8.42 Å². The lowest BCUT2D eigenvalue weighted by Gasteiger charge is -2.34. The van der Waals surface area contributed by atoms with Crippen molar-refractivity contribution in [2.24, 2.45) is 5.73 Å². The van der Waals surface area contributed by atoms with E-state index in [0.29, 0.717) is 42.3 Å². The van der Waals surface area contributed by atoms with Crippen molar-refractivity contribution in [1.29, 1.82) is 0 Å². The molecular weight excluding hydrogens is 372 g/mol. The molecule has 8 heteroatoms. The van der Waals surface area contributed by atoms with E-state index in [4.69, 9.17) is 15.2 Å². The summed E-state index contributed by atoms with van der Waals surface area (Å²) in [6, 6.07) is 3.05. The number of hydrogen-bond donors (Lipinski definition) is 1. The molecule has 1 fully saturated rings. The molecule has 0 saturated carbocycles. The molecule has 1 saturated heterocycles. The summed E-state index contributed by atoms with van der Waals surface area (Å²) < 4.78 is 39.0. The number of benzene rings is 1. The Morgan fingerprint density at radius 3 is 2.59 bits per heavy atom. The fraction of sp³-hybridized carbons (Fsp3) is 0.571. The van der Waals surface area contributed by atoms with Crippen LogP contribution in [0.1, 0.15) is 19.3 Å². The topological polar surface area (TPSA) is 81.9 Å². The minimum absolute atomic E-state index is 0.140. The largest absolute Gasteiger partial charge is 0.486 e. The molecule has 122 valence electrons. The molecular formula is C14H19BrN2O4S. The van der Waals surface area contributed by atoms with Gasteiger partial charge in [0.25, 0.3) is 0 Å². The van der Waals surface area contributed by atoms with Gasteiger partial charge in [-0.1, -0.05) is 6.42 Å². The maximum absolute atomic E-state index is 13.0. The van der Waals surface area contributed by atoms with Crippen LogP contribution in [0.15, 0.2) is 21.5 Å². The van der Waals surface area contributed by atoms with Crippen LogP contribution in [0, 0.1) is 0 Å². The number of halogens is 1. The van der Waals surface area contributed by atoms with E-state index >= 15 is 0 Å². The molecule has 1 aromatic rings. The molecule has 2 aliphatic rings. The minimum atomic E-state index is -3.62. The lowest BCUT2D eigenvalue weighted by atomic mass is 10.1. The quantitative estimate of drug-likeness (QED) is 0.849. The van der Waals surface area contributed by atoms with Crippen LogP contribution >= 0.6 is 15.9 Å². The summed E-state index contributed by atoms with van der Waals surface area (Å²) in [6.07, 6.45) is 2.67. The van der Waals surface area contributed by atoms with Crippen LogP contribution in [-0.4, -0.2) is 45.1 Å². The lowest BCUT2D eigenvalue weighted by Crippen LogP contribution is -2.47. The average molecular weight is 391 g/mol. The average Bonchev–Trinajstić information content (AvgIpc) is 2.54. The molecule has 3 rings (SSSR count). The van der Waals surface area contributed by atoms with Crippen molar-refractivity contribution in [2.75, 3.05) is 26.3 Å². The van der Waals surface area contributed by atoms with Gasteiger partial charge < -0.3 is 15.2 Å². The van der Waals surface area contributed by atoms with Gasteiger partial charge in [0.15, 0.2) is 11.5 Å². The first kappa shape index (κ1) is 16.0. The summed E-state index contributed by atoms with van der Waals surface area (Å²) >= 11 is 3.35. The van der Waals surface area contributed by atoms with Crippen LogP contribution in [-0.2, 0) is 10.0 Å². The number of rotatable bonds is 3. The van der Waals surface area contributed by atoms with Crippen molar-refractivity contribution < 1.29 is 17.9 Å². The van der Waals surface area contributed by atoms with Gasteiger partial charge in [-0.3, -0.25) is 0 Å². The predicted molar refractivity (Wildman–Crippen MR) is 85.7 cm³/mol. The van der Waals surface area contributed by atoms with Crippen molar-refractivity contribution in [3.8, 4) is 11.5 Å². The second kappa shape index (κ2) is 6.35. The standard InChI is InChI=1S/C14H19BrN2O4S/c15-11-7-12-13(21-6-5-20-12)8-14(11)22(18,19)17-4-2-1-3-10(17)9-16/h7-8,10H,1-6,9,16H2. The van der Waals surface area contributed by atoms with Crippen LogP contribution in [0.2, 0.25) is 0 Å². The number of ether oxygens (including phenoxy) is 2. The zero-order chi connectivity index (χ0) is 15.7. The van der Waals surface area contributed by atoms with Crippen molar-refractivity contribution >= 4 is 26.0 Å². The highest BCUT2D eigenvalue weighted by molar-refractivity contribution is 9.10. The summed E-state index contributed by atoms with van der Waals surface area (Å²) in [5, 5.41) is 0. The molecule has 6 nitrogen and oxygen atoms in total. The Bertz CT molecular complexity index is 665. The van der Waals surface area contributed by atoms with E-state index in [1.165, 1.54) is 10.4 Å². The van der Waals surface area contributed by atoms with Crippen LogP contribution in [0.5, 0.6) is 11.5 Å². The number of hydrogen-bond acceptors (Lipinski definition) is 5. The van der Waals surface area contributed by atoms with Crippen LogP contribution in [0.4, 0.5) is 0 Å². The Labute approximate surface area is 138 Å². The van der Waals surface area contributed by atoms with E-state index in [1.54, 1.807) is 6.07 Å². The fourth-order valence-corrected chi connectivity index (χ4v) is 5.60. The van der Waals surface area contributed by atoms with Crippen LogP contribution in [0.3, 0.4) is 0 Å². The summed E-state index contributed by atoms with van der Waals surface area (Å²) in [4.78, 5) is 0.206. The molecule has 2 aliphatic heterocycles. The number of sulfonamides is 1. The van der Waals surface area contributed by atoms with Gasteiger partial charge in [0, 0.05) is 29.7 Å². The van der Waals surface area contributed by atoms with E-state index < -0.39 is 10.0 Å². The molecule has 0 spiro atoms. The first-order valence-electron chi connectivity index (χ1n) is 7.35. The highest BCUT2D eigenvalue weighted by atomic mass is 79.9. The molecule has 2 N–H and O–H groups in total. The van der Waals surface area contributed by atoms with E-state index in [-0.39, 0.29) is 10.9 Å². The number of nitrogens with zero attached hydrogens (tertiary/aromatic N) is 1. The van der Waals surface area contributed by atoms with Crippen molar-refractivity contribution in [3.05, 3.63) is 16.6 Å². The van der Waals surface area contributed by atoms with E-state index in [1.807, 2.05) is 0 Å². The number of fused-ring (bicyclic) bond motifs is 1. The molecule has 0 radical (unpaired) electrons. The Balaban J connectivity index is 2.01. The van der Waals surface area contributed by atoms with Gasteiger partial charge in [-0.25, -0.2) is 8.42 Å². The zero-order valence-electron chi connectivity index (χ0n) is 12.1. The molecule has 0 bridgehead atoms. The summed E-state index contributed by atoms with van der Waals surface area (Å²) in [5.41, 5.74) is 5.75. The Morgan fingerprint density at radius 1 is 1.23 bits per heavy atom. The molecule has 0 aromatic heterocycles. The monoisotopic (exact) mass is 390 g/mol. The third-order valence-corrected chi connectivity index (χ3v) is 6.94. The van der Waals surface area contributed by atoms with Gasteiger partial charge in [-0.05, 0) is 34.8 Å². The molecule has 1 unspecified atom stereocenters. The van der Waals surface area contributed by atoms with Gasteiger partial charge >= 0.3 is 0 Å². The van der Waals surface area contributed by atoms with Crippen molar-refractivity contribution in [2.45, 2.75) is 30.2 Å². The van der Waals surface area contributed by atoms with Gasteiger partial charge in [0.05, 0.1) is 0 Å². The third-order valence-electron chi connectivity index (χ3n) is 4.03. The first-order valence-corrected chi connectivity index (χ1v) is 9.58. The van der Waals surface area contributed by atoms with Crippen molar-refractivity contribution in [3.63, 3.8) is 0 Å². The summed E-state index contributed by atoms with van der Waals surface area (Å²) in [6.45, 7) is 1.72. The van der Waals surface area contributed by atoms with E-state index in [2.05, 4.69) is 15.9 Å². The molecule has 0 amide bonds. The lowest BCUT2D eigenvalue weighted by molar-refractivity contribution is 0.170. The van der Waals surface area contributed by atoms with Gasteiger partial charge in [0.1, 0.15) is 18.1 Å². The zero-order valence-corrected chi connectivity index (χ0v) is 14.5. The molecule has 1 atom stereocenters. The minimum Gasteiger partial charge on any atom is -0.486 e. The first-order chi connectivity index (χ1) is 10.5. The number of piperidine rings is 1. The maximum Gasteiger partial charge on any atom is 0.244 e. The maximum atomic E-state index is 13.0. The number of nitrogens with two attached hydrogens (primary N) is 1. The molecule has 0 aliphatic carbocycles. The second-order valence-corrected chi connectivity index (χ2v) is 8.14. The van der Waals surface area contributed by atoms with Gasteiger partial charge in [0.2, 0.25) is 10.0 Å². The molecule has 22 heavy (non-hydrogen) atoms.